The number of nitrogens with one attached hydrogen (secondary N) is 1. The maximum atomic E-state index is 11.0. The Labute approximate surface area is 118 Å². The van der Waals surface area contributed by atoms with E-state index in [0.717, 1.165) is 6.54 Å². The third-order valence-electron chi connectivity index (χ3n) is 2.65. The highest BCUT2D eigenvalue weighted by atomic mass is 16.6. The molecule has 0 heterocycles. The second-order valence-corrected chi connectivity index (χ2v) is 4.48. The topological polar surface area (TPSA) is 76.9 Å². The Morgan fingerprint density at radius 3 is 2.70 bits per heavy atom. The summed E-state index contributed by atoms with van der Waals surface area (Å²) in [5.74, 6) is 0.462. The number of benzene rings is 1. The van der Waals surface area contributed by atoms with Gasteiger partial charge in [0.2, 0.25) is 0 Å². The van der Waals surface area contributed by atoms with Gasteiger partial charge < -0.3 is 19.7 Å². The van der Waals surface area contributed by atoms with Gasteiger partial charge in [0.25, 0.3) is 5.69 Å². The average molecular weight is 283 g/mol. The molecule has 0 aliphatic carbocycles. The Kier molecular flexibility index (Phi) is 6.75. The Bertz CT molecular complexity index is 438. The fourth-order valence-electron chi connectivity index (χ4n) is 1.55. The Hall–Kier alpha value is -1.86. The molecule has 0 atom stereocenters. The lowest BCUT2D eigenvalue weighted by Gasteiger charge is -2.11. The number of rotatable bonds is 9. The number of nitro groups is 1. The molecule has 0 amide bonds. The SMILES string of the molecule is COc1ccc(NCCOCCN(C)C)c([N+](=O)[O-])c1. The van der Waals surface area contributed by atoms with Gasteiger partial charge in [0.05, 0.1) is 31.3 Å². The number of likely N-dealkylation sites (N-methyl/N-ethyl adjacent to an activating group) is 1. The number of methoxy groups -OCH3 is 1. The number of ether oxygens (including phenoxy) is 2. The monoisotopic (exact) mass is 283 g/mol. The van der Waals surface area contributed by atoms with Crippen LogP contribution in [0.5, 0.6) is 5.75 Å². The van der Waals surface area contributed by atoms with Crippen molar-refractivity contribution >= 4 is 11.4 Å². The molecule has 7 nitrogen and oxygen atoms in total. The molecule has 0 unspecified atom stereocenters. The van der Waals surface area contributed by atoms with Crippen LogP contribution in [0.1, 0.15) is 0 Å². The normalized spacial score (nSPS) is 10.6. The van der Waals surface area contributed by atoms with Crippen molar-refractivity contribution in [2.24, 2.45) is 0 Å². The fraction of sp³-hybridized carbons (Fsp3) is 0.538. The van der Waals surface area contributed by atoms with Gasteiger partial charge >= 0.3 is 0 Å². The van der Waals surface area contributed by atoms with E-state index >= 15 is 0 Å². The number of nitro benzene ring substituents is 1. The summed E-state index contributed by atoms with van der Waals surface area (Å²) in [4.78, 5) is 12.6. The van der Waals surface area contributed by atoms with Crippen LogP contribution >= 0.6 is 0 Å². The molecule has 0 fully saturated rings. The van der Waals surface area contributed by atoms with Gasteiger partial charge in [-0.2, -0.15) is 0 Å². The van der Waals surface area contributed by atoms with E-state index in [1.807, 2.05) is 19.0 Å². The third kappa shape index (κ3) is 5.41. The molecular formula is C13H21N3O4. The number of nitrogens with zero attached hydrogens (tertiary/aromatic N) is 2. The first-order chi connectivity index (χ1) is 9.54. The van der Waals surface area contributed by atoms with Gasteiger partial charge in [-0.05, 0) is 26.2 Å². The van der Waals surface area contributed by atoms with Crippen molar-refractivity contribution in [3.05, 3.63) is 28.3 Å². The van der Waals surface area contributed by atoms with Crippen molar-refractivity contribution in [2.75, 3.05) is 52.8 Å². The average Bonchev–Trinajstić information content (AvgIpc) is 2.42. The molecule has 1 aromatic rings. The van der Waals surface area contributed by atoms with Gasteiger partial charge in [0, 0.05) is 13.1 Å². The van der Waals surface area contributed by atoms with Crippen LogP contribution in [0, 0.1) is 10.1 Å². The molecule has 0 aromatic heterocycles. The van der Waals surface area contributed by atoms with E-state index in [1.165, 1.54) is 13.2 Å². The predicted octanol–water partition coefficient (Wildman–Crippen LogP) is 1.59. The summed E-state index contributed by atoms with van der Waals surface area (Å²) in [6.07, 6.45) is 0. The first-order valence-electron chi connectivity index (χ1n) is 6.33. The van der Waals surface area contributed by atoms with E-state index in [2.05, 4.69) is 5.32 Å². The zero-order chi connectivity index (χ0) is 15.0. The third-order valence-corrected chi connectivity index (χ3v) is 2.65. The molecule has 0 saturated carbocycles. The van der Waals surface area contributed by atoms with Gasteiger partial charge in [-0.3, -0.25) is 10.1 Å². The molecule has 112 valence electrons. The summed E-state index contributed by atoms with van der Waals surface area (Å²) in [6, 6.07) is 4.72. The zero-order valence-electron chi connectivity index (χ0n) is 12.1. The second-order valence-electron chi connectivity index (χ2n) is 4.48. The minimum atomic E-state index is -0.433. The van der Waals surface area contributed by atoms with Crippen LogP contribution in [0.25, 0.3) is 0 Å². The van der Waals surface area contributed by atoms with E-state index in [9.17, 15) is 10.1 Å². The van der Waals surface area contributed by atoms with Crippen molar-refractivity contribution in [1.29, 1.82) is 0 Å². The zero-order valence-corrected chi connectivity index (χ0v) is 12.1. The van der Waals surface area contributed by atoms with Crippen LogP contribution in [-0.2, 0) is 4.74 Å². The molecule has 1 N–H and O–H groups in total. The minimum absolute atomic E-state index is 0.00218. The van der Waals surface area contributed by atoms with Gasteiger partial charge in [-0.25, -0.2) is 0 Å². The quantitative estimate of drug-likeness (QED) is 0.421. The van der Waals surface area contributed by atoms with E-state index in [-0.39, 0.29) is 5.69 Å². The lowest BCUT2D eigenvalue weighted by Crippen LogP contribution is -2.20. The number of hydrogen-bond donors (Lipinski definition) is 1. The summed E-state index contributed by atoms with van der Waals surface area (Å²) in [5, 5.41) is 14.0. The van der Waals surface area contributed by atoms with E-state index in [1.54, 1.807) is 12.1 Å². The summed E-state index contributed by atoms with van der Waals surface area (Å²) in [5.41, 5.74) is 0.463. The largest absolute Gasteiger partial charge is 0.496 e. The van der Waals surface area contributed by atoms with Crippen LogP contribution in [0.15, 0.2) is 18.2 Å². The first kappa shape index (κ1) is 16.2. The molecule has 0 spiro atoms. The van der Waals surface area contributed by atoms with Crippen LogP contribution in [-0.4, -0.2) is 57.3 Å². The predicted molar refractivity (Wildman–Crippen MR) is 77.5 cm³/mol. The summed E-state index contributed by atoms with van der Waals surface area (Å²) in [6.45, 7) is 2.50. The molecule has 1 aromatic carbocycles. The summed E-state index contributed by atoms with van der Waals surface area (Å²) in [7, 11) is 5.43. The smallest absolute Gasteiger partial charge is 0.296 e. The Balaban J connectivity index is 2.45. The van der Waals surface area contributed by atoms with Gasteiger partial charge in [0.1, 0.15) is 11.4 Å². The number of anilines is 1. The Morgan fingerprint density at radius 1 is 1.35 bits per heavy atom. The van der Waals surface area contributed by atoms with Crippen molar-refractivity contribution in [1.82, 2.24) is 4.90 Å². The highest BCUT2D eigenvalue weighted by Gasteiger charge is 2.14. The van der Waals surface area contributed by atoms with Gasteiger partial charge in [-0.15, -0.1) is 0 Å². The lowest BCUT2D eigenvalue weighted by molar-refractivity contribution is -0.384. The van der Waals surface area contributed by atoms with Crippen molar-refractivity contribution in [3.8, 4) is 5.75 Å². The molecule has 0 saturated heterocycles. The van der Waals surface area contributed by atoms with Gasteiger partial charge in [-0.1, -0.05) is 0 Å². The van der Waals surface area contributed by atoms with E-state index in [4.69, 9.17) is 9.47 Å². The van der Waals surface area contributed by atoms with Crippen molar-refractivity contribution < 1.29 is 14.4 Å². The molecule has 0 bridgehead atoms. The first-order valence-corrected chi connectivity index (χ1v) is 6.33. The molecular weight excluding hydrogens is 262 g/mol. The van der Waals surface area contributed by atoms with Crippen LogP contribution in [0.4, 0.5) is 11.4 Å². The van der Waals surface area contributed by atoms with Crippen LogP contribution in [0.2, 0.25) is 0 Å². The summed E-state index contributed by atoms with van der Waals surface area (Å²) < 4.78 is 10.4. The minimum Gasteiger partial charge on any atom is -0.496 e. The van der Waals surface area contributed by atoms with E-state index < -0.39 is 4.92 Å². The molecule has 20 heavy (non-hydrogen) atoms. The standard InChI is InChI=1S/C13H21N3O4/c1-15(2)7-9-20-8-6-14-12-5-4-11(19-3)10-13(12)16(17)18/h4-5,10,14H,6-9H2,1-3H3. The van der Waals surface area contributed by atoms with Crippen molar-refractivity contribution in [3.63, 3.8) is 0 Å². The van der Waals surface area contributed by atoms with Crippen molar-refractivity contribution in [2.45, 2.75) is 0 Å². The molecule has 0 aliphatic rings. The van der Waals surface area contributed by atoms with Crippen LogP contribution < -0.4 is 10.1 Å². The second kappa shape index (κ2) is 8.34. The van der Waals surface area contributed by atoms with E-state index in [0.29, 0.717) is 31.2 Å². The highest BCUT2D eigenvalue weighted by Crippen LogP contribution is 2.28. The highest BCUT2D eigenvalue weighted by molar-refractivity contribution is 5.63. The lowest BCUT2D eigenvalue weighted by atomic mass is 10.2. The molecule has 0 aliphatic heterocycles. The maximum Gasteiger partial charge on any atom is 0.296 e. The molecule has 1 rings (SSSR count). The van der Waals surface area contributed by atoms with Crippen LogP contribution in [0.3, 0.4) is 0 Å². The fourth-order valence-corrected chi connectivity index (χ4v) is 1.55. The Morgan fingerprint density at radius 2 is 2.10 bits per heavy atom. The molecule has 0 radical (unpaired) electrons. The summed E-state index contributed by atoms with van der Waals surface area (Å²) >= 11 is 0. The maximum absolute atomic E-state index is 11.0. The van der Waals surface area contributed by atoms with Gasteiger partial charge in [0.15, 0.2) is 0 Å². The molecule has 7 heteroatoms. The number of hydrogen-bond acceptors (Lipinski definition) is 6.